The molecule has 0 spiro atoms. The molecule has 4 rings (SSSR count). The van der Waals surface area contributed by atoms with E-state index < -0.39 is 5.51 Å². The van der Waals surface area contributed by atoms with Crippen molar-refractivity contribution in [3.05, 3.63) is 78.2 Å². The Hall–Kier alpha value is -2.98. The second kappa shape index (κ2) is 9.71. The number of thioether (sulfide) groups is 2. The van der Waals surface area contributed by atoms with Crippen molar-refractivity contribution < 1.29 is 22.4 Å². The van der Waals surface area contributed by atoms with E-state index in [2.05, 4.69) is 4.98 Å². The molecule has 2 heterocycles. The van der Waals surface area contributed by atoms with Gasteiger partial charge in [-0.25, -0.2) is 9.37 Å². The van der Waals surface area contributed by atoms with Gasteiger partial charge in [-0.3, -0.25) is 14.1 Å². The van der Waals surface area contributed by atoms with Crippen LogP contribution in [0.5, 0.6) is 0 Å². The lowest BCUT2D eigenvalue weighted by Crippen LogP contribution is -2.27. The van der Waals surface area contributed by atoms with Crippen LogP contribution in [-0.4, -0.2) is 33.6 Å². The topological polar surface area (TPSA) is 37.6 Å². The van der Waals surface area contributed by atoms with Gasteiger partial charge in [0.05, 0.1) is 0 Å². The Morgan fingerprint density at radius 2 is 1.65 bits per heavy atom. The minimum atomic E-state index is -4.39. The molecular weight excluding hydrogens is 486 g/mol. The number of fused-ring (bicyclic) bond motifs is 1. The van der Waals surface area contributed by atoms with E-state index in [1.54, 1.807) is 19.2 Å². The van der Waals surface area contributed by atoms with Crippen LogP contribution >= 0.6 is 23.5 Å². The zero-order valence-corrected chi connectivity index (χ0v) is 19.8. The van der Waals surface area contributed by atoms with Crippen LogP contribution in [0.4, 0.5) is 23.4 Å². The molecule has 1 amide bonds. The Morgan fingerprint density at radius 1 is 1.00 bits per heavy atom. The van der Waals surface area contributed by atoms with Crippen LogP contribution in [0.3, 0.4) is 0 Å². The van der Waals surface area contributed by atoms with Gasteiger partial charge in [-0.05, 0) is 77.2 Å². The quantitative estimate of drug-likeness (QED) is 0.206. The molecule has 0 fully saturated rings. The maximum Gasteiger partial charge on any atom is 0.446 e. The van der Waals surface area contributed by atoms with Gasteiger partial charge >= 0.3 is 5.51 Å². The van der Waals surface area contributed by atoms with E-state index in [0.29, 0.717) is 11.5 Å². The Labute approximate surface area is 202 Å². The summed E-state index contributed by atoms with van der Waals surface area (Å²) in [6.07, 6.45) is 1.89. The van der Waals surface area contributed by atoms with E-state index in [-0.39, 0.29) is 33.9 Å². The molecule has 4 aromatic rings. The molecule has 0 radical (unpaired) electrons. The molecule has 2 aromatic carbocycles. The number of anilines is 1. The number of aromatic nitrogens is 2. The fraction of sp³-hybridized carbons (Fsp3) is 0.167. The first-order valence-corrected chi connectivity index (χ1v) is 12.0. The minimum Gasteiger partial charge on any atom is -0.294 e. The van der Waals surface area contributed by atoms with Gasteiger partial charge in [-0.1, -0.05) is 19.1 Å². The van der Waals surface area contributed by atoms with Crippen molar-refractivity contribution in [1.29, 1.82) is 0 Å². The van der Waals surface area contributed by atoms with E-state index in [1.165, 1.54) is 53.1 Å². The number of carbonyl (C=O) groups is 1. The largest absolute Gasteiger partial charge is 0.446 e. The Morgan fingerprint density at radius 3 is 2.26 bits per heavy atom. The summed E-state index contributed by atoms with van der Waals surface area (Å²) >= 11 is 1.29. The van der Waals surface area contributed by atoms with Crippen LogP contribution in [-0.2, 0) is 0 Å². The molecule has 2 aromatic heterocycles. The number of carbonyl (C=O) groups excluding carboxylic acids is 1. The molecule has 0 saturated heterocycles. The highest BCUT2D eigenvalue weighted by molar-refractivity contribution is 8.00. The van der Waals surface area contributed by atoms with E-state index >= 15 is 0 Å². The summed E-state index contributed by atoms with van der Waals surface area (Å²) in [5.41, 5.74) is -1.80. The minimum absolute atomic E-state index is 0.00924. The first kappa shape index (κ1) is 24.2. The SMILES string of the molecule is CCSc1c(N(C)C(=O)c2ccc(SC(F)(F)F)cc2)nc2ccc(-c3ccc(F)cc3)cn12. The summed E-state index contributed by atoms with van der Waals surface area (Å²) in [5, 5.41) is 0.751. The standard InChI is InChI=1S/C24H19F4N3OS2/c1-3-33-23-21(30(2)22(32)16-6-11-19(12-7-16)34-24(26,27)28)29-20-13-8-17(14-31(20)23)15-4-9-18(25)10-5-15/h4-14H,3H2,1-2H3. The van der Waals surface area contributed by atoms with Gasteiger partial charge in [0, 0.05) is 23.7 Å². The van der Waals surface area contributed by atoms with Gasteiger partial charge in [-0.2, -0.15) is 13.2 Å². The molecule has 0 aliphatic heterocycles. The van der Waals surface area contributed by atoms with Crippen LogP contribution < -0.4 is 4.90 Å². The number of benzene rings is 2. The lowest BCUT2D eigenvalue weighted by molar-refractivity contribution is -0.0328. The van der Waals surface area contributed by atoms with Crippen molar-refractivity contribution in [1.82, 2.24) is 9.38 Å². The third-order valence-corrected chi connectivity index (χ3v) is 6.65. The van der Waals surface area contributed by atoms with Gasteiger partial charge < -0.3 is 0 Å². The molecule has 0 bridgehead atoms. The summed E-state index contributed by atoms with van der Waals surface area (Å²) < 4.78 is 52.9. The van der Waals surface area contributed by atoms with E-state index in [0.717, 1.165) is 21.9 Å². The third kappa shape index (κ3) is 5.23. The first-order valence-electron chi connectivity index (χ1n) is 10.2. The average molecular weight is 506 g/mol. The molecule has 0 unspecified atom stereocenters. The number of amides is 1. The number of pyridine rings is 1. The van der Waals surface area contributed by atoms with Gasteiger partial charge in [0.15, 0.2) is 5.82 Å². The zero-order valence-electron chi connectivity index (χ0n) is 18.1. The van der Waals surface area contributed by atoms with Crippen LogP contribution in [0, 0.1) is 5.82 Å². The van der Waals surface area contributed by atoms with Gasteiger partial charge in [0.1, 0.15) is 16.5 Å². The van der Waals surface area contributed by atoms with E-state index in [4.69, 9.17) is 0 Å². The number of hydrogen-bond donors (Lipinski definition) is 0. The average Bonchev–Trinajstić information content (AvgIpc) is 3.16. The summed E-state index contributed by atoms with van der Waals surface area (Å²) in [4.78, 5) is 19.1. The number of halogens is 4. The summed E-state index contributed by atoms with van der Waals surface area (Å²) in [6, 6.07) is 15.2. The summed E-state index contributed by atoms with van der Waals surface area (Å²) in [6.45, 7) is 1.98. The van der Waals surface area contributed by atoms with Crippen molar-refractivity contribution >= 4 is 40.9 Å². The van der Waals surface area contributed by atoms with Crippen LogP contribution in [0.2, 0.25) is 0 Å². The van der Waals surface area contributed by atoms with Crippen LogP contribution in [0.25, 0.3) is 16.8 Å². The van der Waals surface area contributed by atoms with Crippen molar-refractivity contribution in [2.75, 3.05) is 17.7 Å². The lowest BCUT2D eigenvalue weighted by Gasteiger charge is -2.16. The number of imidazole rings is 1. The molecule has 34 heavy (non-hydrogen) atoms. The Bertz CT molecular complexity index is 1320. The molecule has 10 heteroatoms. The van der Waals surface area contributed by atoms with E-state index in [1.807, 2.05) is 29.7 Å². The highest BCUT2D eigenvalue weighted by Crippen LogP contribution is 2.37. The highest BCUT2D eigenvalue weighted by atomic mass is 32.2. The van der Waals surface area contributed by atoms with E-state index in [9.17, 15) is 22.4 Å². The Kier molecular flexibility index (Phi) is 6.90. The number of hydrogen-bond acceptors (Lipinski definition) is 4. The molecule has 0 aliphatic carbocycles. The van der Waals surface area contributed by atoms with Crippen molar-refractivity contribution in [2.24, 2.45) is 0 Å². The second-order valence-corrected chi connectivity index (χ2v) is 9.65. The predicted molar refractivity (Wildman–Crippen MR) is 128 cm³/mol. The normalized spacial score (nSPS) is 11.7. The molecule has 0 saturated carbocycles. The van der Waals surface area contributed by atoms with Crippen molar-refractivity contribution in [3.8, 4) is 11.1 Å². The molecule has 0 atom stereocenters. The smallest absolute Gasteiger partial charge is 0.294 e. The summed E-state index contributed by atoms with van der Waals surface area (Å²) in [7, 11) is 1.59. The van der Waals surface area contributed by atoms with Gasteiger partial charge in [0.25, 0.3) is 5.91 Å². The second-order valence-electron chi connectivity index (χ2n) is 7.26. The van der Waals surface area contributed by atoms with Crippen LogP contribution in [0.1, 0.15) is 17.3 Å². The maximum atomic E-state index is 13.3. The number of nitrogens with zero attached hydrogens (tertiary/aromatic N) is 3. The number of rotatable bonds is 6. The Balaban J connectivity index is 1.67. The van der Waals surface area contributed by atoms with Gasteiger partial charge in [-0.15, -0.1) is 11.8 Å². The van der Waals surface area contributed by atoms with Crippen LogP contribution in [0.15, 0.2) is 76.8 Å². The fourth-order valence-electron chi connectivity index (χ4n) is 3.40. The third-order valence-electron chi connectivity index (χ3n) is 4.97. The maximum absolute atomic E-state index is 13.3. The zero-order chi connectivity index (χ0) is 24.5. The predicted octanol–water partition coefficient (Wildman–Crippen LogP) is 7.14. The number of alkyl halides is 3. The molecule has 4 nitrogen and oxygen atoms in total. The van der Waals surface area contributed by atoms with Crippen molar-refractivity contribution in [2.45, 2.75) is 22.4 Å². The monoisotopic (exact) mass is 505 g/mol. The molecule has 0 aliphatic rings. The summed E-state index contributed by atoms with van der Waals surface area (Å²) in [5.74, 6) is 0.472. The highest BCUT2D eigenvalue weighted by Gasteiger charge is 2.29. The first-order chi connectivity index (χ1) is 16.2. The fourth-order valence-corrected chi connectivity index (χ4v) is 4.81. The van der Waals surface area contributed by atoms with Crippen molar-refractivity contribution in [3.63, 3.8) is 0 Å². The molecule has 0 N–H and O–H groups in total. The molecular formula is C24H19F4N3OS2. The van der Waals surface area contributed by atoms with Gasteiger partial charge in [0.2, 0.25) is 0 Å². The lowest BCUT2D eigenvalue weighted by atomic mass is 10.1. The molecule has 176 valence electrons.